The molecule has 0 saturated carbocycles. The third kappa shape index (κ3) is 6.95. The Labute approximate surface area is 204 Å². The highest BCUT2D eigenvalue weighted by Gasteiger charge is 2.26. The summed E-state index contributed by atoms with van der Waals surface area (Å²) in [6, 6.07) is 12.4. The fourth-order valence-corrected chi connectivity index (χ4v) is 5.09. The van der Waals surface area contributed by atoms with Crippen molar-refractivity contribution in [3.05, 3.63) is 53.7 Å². The average molecular weight is 465 g/mol. The Morgan fingerprint density at radius 3 is 2.71 bits per heavy atom. The molecule has 2 aliphatic rings. The zero-order valence-electron chi connectivity index (χ0n) is 20.9. The van der Waals surface area contributed by atoms with E-state index in [2.05, 4.69) is 63.9 Å². The highest BCUT2D eigenvalue weighted by atomic mass is 16.5. The summed E-state index contributed by atoms with van der Waals surface area (Å²) in [5, 5.41) is 0. The van der Waals surface area contributed by atoms with E-state index in [0.29, 0.717) is 24.9 Å². The minimum absolute atomic E-state index is 0.316. The Balaban J connectivity index is 1.13. The number of anilines is 1. The third-order valence-corrected chi connectivity index (χ3v) is 7.12. The second-order valence-electron chi connectivity index (χ2n) is 9.90. The molecule has 3 heterocycles. The van der Waals surface area contributed by atoms with Gasteiger partial charge in [0.2, 0.25) is 5.91 Å². The van der Waals surface area contributed by atoms with Crippen LogP contribution in [-0.2, 0) is 4.79 Å². The van der Waals surface area contributed by atoms with Crippen LogP contribution in [0.25, 0.3) is 0 Å². The van der Waals surface area contributed by atoms with Crippen molar-refractivity contribution >= 4 is 11.7 Å². The van der Waals surface area contributed by atoms with Gasteiger partial charge in [0.15, 0.2) is 0 Å². The Hall–Kier alpha value is -2.60. The number of pyridine rings is 1. The SMILES string of the molecule is Cc1ccc(C)c(OCCCCC(=O)N2CCCC(CN3CCN(c4ccccn4)CC3)C2)c1. The van der Waals surface area contributed by atoms with E-state index in [1.807, 2.05) is 12.3 Å². The smallest absolute Gasteiger partial charge is 0.222 e. The van der Waals surface area contributed by atoms with Crippen molar-refractivity contribution in [3.8, 4) is 5.75 Å². The van der Waals surface area contributed by atoms with Crippen LogP contribution in [0.4, 0.5) is 5.82 Å². The molecule has 2 aromatic rings. The van der Waals surface area contributed by atoms with Crippen LogP contribution in [0, 0.1) is 19.8 Å². The number of piperazine rings is 1. The lowest BCUT2D eigenvalue weighted by Gasteiger charge is -2.39. The minimum atomic E-state index is 0.316. The van der Waals surface area contributed by atoms with E-state index >= 15 is 0 Å². The second-order valence-corrected chi connectivity index (χ2v) is 9.90. The van der Waals surface area contributed by atoms with Crippen molar-refractivity contribution in [2.75, 3.05) is 57.3 Å². The lowest BCUT2D eigenvalue weighted by atomic mass is 9.96. The van der Waals surface area contributed by atoms with Crippen LogP contribution in [0.15, 0.2) is 42.6 Å². The fraction of sp³-hybridized carbons (Fsp3) is 0.571. The minimum Gasteiger partial charge on any atom is -0.493 e. The molecular formula is C28H40N4O2. The van der Waals surface area contributed by atoms with Crippen LogP contribution in [0.2, 0.25) is 0 Å². The molecule has 1 aromatic heterocycles. The molecule has 0 N–H and O–H groups in total. The number of piperidine rings is 1. The van der Waals surface area contributed by atoms with Crippen molar-refractivity contribution in [2.24, 2.45) is 5.92 Å². The van der Waals surface area contributed by atoms with E-state index in [1.165, 1.54) is 17.5 Å². The van der Waals surface area contributed by atoms with Crippen molar-refractivity contribution in [2.45, 2.75) is 46.0 Å². The van der Waals surface area contributed by atoms with Crippen molar-refractivity contribution < 1.29 is 9.53 Å². The number of benzene rings is 1. The van der Waals surface area contributed by atoms with E-state index in [1.54, 1.807) is 0 Å². The summed E-state index contributed by atoms with van der Waals surface area (Å²) in [4.78, 5) is 24.4. The first-order valence-electron chi connectivity index (χ1n) is 12.9. The molecule has 2 fully saturated rings. The van der Waals surface area contributed by atoms with Gasteiger partial charge in [0, 0.05) is 58.4 Å². The van der Waals surface area contributed by atoms with Gasteiger partial charge in [-0.15, -0.1) is 0 Å². The summed E-state index contributed by atoms with van der Waals surface area (Å²) in [6.07, 6.45) is 6.66. The molecule has 1 aromatic carbocycles. The first kappa shape index (κ1) is 24.5. The number of nitrogens with zero attached hydrogens (tertiary/aromatic N) is 4. The summed E-state index contributed by atoms with van der Waals surface area (Å²) in [5.41, 5.74) is 2.38. The maximum atomic E-state index is 12.8. The number of rotatable bonds is 9. The molecule has 34 heavy (non-hydrogen) atoms. The van der Waals surface area contributed by atoms with Crippen molar-refractivity contribution in [1.82, 2.24) is 14.8 Å². The fourth-order valence-electron chi connectivity index (χ4n) is 5.09. The molecule has 1 atom stereocenters. The van der Waals surface area contributed by atoms with E-state index in [0.717, 1.165) is 76.6 Å². The molecule has 0 spiro atoms. The highest BCUT2D eigenvalue weighted by Crippen LogP contribution is 2.22. The molecule has 184 valence electrons. The monoisotopic (exact) mass is 464 g/mol. The third-order valence-electron chi connectivity index (χ3n) is 7.12. The Morgan fingerprint density at radius 1 is 1.06 bits per heavy atom. The van der Waals surface area contributed by atoms with E-state index in [9.17, 15) is 4.79 Å². The number of ether oxygens (including phenoxy) is 1. The van der Waals surface area contributed by atoms with Crippen LogP contribution in [-0.4, -0.2) is 73.1 Å². The van der Waals surface area contributed by atoms with Crippen LogP contribution < -0.4 is 9.64 Å². The van der Waals surface area contributed by atoms with Gasteiger partial charge in [0.1, 0.15) is 11.6 Å². The molecule has 2 aliphatic heterocycles. The van der Waals surface area contributed by atoms with Gasteiger partial charge < -0.3 is 14.5 Å². The number of hydrogen-bond donors (Lipinski definition) is 0. The van der Waals surface area contributed by atoms with E-state index in [4.69, 9.17) is 4.74 Å². The Bertz CT molecular complexity index is 912. The van der Waals surface area contributed by atoms with E-state index in [-0.39, 0.29) is 0 Å². The zero-order chi connectivity index (χ0) is 23.8. The number of aryl methyl sites for hydroxylation is 2. The topological polar surface area (TPSA) is 48.9 Å². The standard InChI is InChI=1S/C28H40N4O2/c1-23-11-12-24(2)26(20-23)34-19-6-4-10-28(33)32-14-7-8-25(22-32)21-30-15-17-31(18-16-30)27-9-3-5-13-29-27/h3,5,9,11-13,20,25H,4,6-8,10,14-19,21-22H2,1-2H3. The summed E-state index contributed by atoms with van der Waals surface area (Å²) in [7, 11) is 0. The maximum absolute atomic E-state index is 12.8. The highest BCUT2D eigenvalue weighted by molar-refractivity contribution is 5.76. The van der Waals surface area contributed by atoms with Gasteiger partial charge in [-0.25, -0.2) is 4.98 Å². The van der Waals surface area contributed by atoms with Gasteiger partial charge in [-0.3, -0.25) is 9.69 Å². The average Bonchev–Trinajstić information content (AvgIpc) is 2.87. The van der Waals surface area contributed by atoms with Gasteiger partial charge in [-0.05, 0) is 74.8 Å². The predicted octanol–water partition coefficient (Wildman–Crippen LogP) is 4.31. The molecule has 0 bridgehead atoms. The Kier molecular flexibility index (Phi) is 8.80. The number of unbranched alkanes of at least 4 members (excludes halogenated alkanes) is 1. The molecule has 4 rings (SSSR count). The van der Waals surface area contributed by atoms with Gasteiger partial charge in [0.05, 0.1) is 6.61 Å². The maximum Gasteiger partial charge on any atom is 0.222 e. The van der Waals surface area contributed by atoms with Crippen LogP contribution in [0.5, 0.6) is 5.75 Å². The van der Waals surface area contributed by atoms with Gasteiger partial charge in [-0.1, -0.05) is 18.2 Å². The van der Waals surface area contributed by atoms with Gasteiger partial charge in [0.25, 0.3) is 0 Å². The molecule has 6 nitrogen and oxygen atoms in total. The number of amides is 1. The first-order valence-corrected chi connectivity index (χ1v) is 12.9. The Morgan fingerprint density at radius 2 is 1.91 bits per heavy atom. The molecule has 1 unspecified atom stereocenters. The van der Waals surface area contributed by atoms with Gasteiger partial charge in [-0.2, -0.15) is 0 Å². The molecule has 6 heteroatoms. The predicted molar refractivity (Wildman–Crippen MR) is 137 cm³/mol. The summed E-state index contributed by atoms with van der Waals surface area (Å²) in [6.45, 7) is 12.0. The van der Waals surface area contributed by atoms with Crippen molar-refractivity contribution in [1.29, 1.82) is 0 Å². The quantitative estimate of drug-likeness (QED) is 0.518. The number of carbonyl (C=O) groups is 1. The number of likely N-dealkylation sites (tertiary alicyclic amines) is 1. The second kappa shape index (κ2) is 12.2. The lowest BCUT2D eigenvalue weighted by molar-refractivity contribution is -0.133. The molecule has 2 saturated heterocycles. The summed E-state index contributed by atoms with van der Waals surface area (Å²) < 4.78 is 5.94. The van der Waals surface area contributed by atoms with Crippen molar-refractivity contribution in [3.63, 3.8) is 0 Å². The van der Waals surface area contributed by atoms with Gasteiger partial charge >= 0.3 is 0 Å². The van der Waals surface area contributed by atoms with Crippen LogP contribution >= 0.6 is 0 Å². The largest absolute Gasteiger partial charge is 0.493 e. The summed E-state index contributed by atoms with van der Waals surface area (Å²) in [5.74, 6) is 2.95. The zero-order valence-corrected chi connectivity index (χ0v) is 20.9. The normalized spacial score (nSPS) is 19.3. The van der Waals surface area contributed by atoms with Crippen LogP contribution in [0.3, 0.4) is 0 Å². The molecule has 1 amide bonds. The molecule has 0 aliphatic carbocycles. The summed E-state index contributed by atoms with van der Waals surface area (Å²) >= 11 is 0. The molecule has 0 radical (unpaired) electrons. The molecular weight excluding hydrogens is 424 g/mol. The first-order chi connectivity index (χ1) is 16.6. The van der Waals surface area contributed by atoms with Crippen LogP contribution in [0.1, 0.15) is 43.2 Å². The lowest BCUT2D eigenvalue weighted by Crippen LogP contribution is -2.50. The van der Waals surface area contributed by atoms with E-state index < -0.39 is 0 Å². The number of hydrogen-bond acceptors (Lipinski definition) is 5. The number of aromatic nitrogens is 1. The number of carbonyl (C=O) groups excluding carboxylic acids is 1.